The van der Waals surface area contributed by atoms with Crippen molar-refractivity contribution >= 4 is 19.7 Å². The average Bonchev–Trinajstić information content (AvgIpc) is 3.20. The number of nitrogens with zero attached hydrogens (tertiary/aromatic N) is 2. The number of carbonyl (C=O) groups is 2. The fourth-order valence-corrected chi connectivity index (χ4v) is 5.36. The molecule has 11 atom stereocenters. The van der Waals surface area contributed by atoms with Crippen LogP contribution in [-0.2, 0) is 32.7 Å². The summed E-state index contributed by atoms with van der Waals surface area (Å²) >= 11 is 0. The van der Waals surface area contributed by atoms with E-state index >= 15 is 0 Å². The molecule has 42 heavy (non-hydrogen) atoms. The van der Waals surface area contributed by atoms with Gasteiger partial charge in [-0.15, -0.1) is 0 Å². The third-order valence-corrected chi connectivity index (χ3v) is 7.58. The van der Waals surface area contributed by atoms with Crippen LogP contribution in [-0.4, -0.2) is 136 Å². The number of aliphatic carboxylic acids is 1. The zero-order valence-corrected chi connectivity index (χ0v) is 22.8. The van der Waals surface area contributed by atoms with Gasteiger partial charge in [-0.25, -0.2) is 18.7 Å². The Morgan fingerprint density at radius 1 is 1.31 bits per heavy atom. The number of rotatable bonds is 12. The summed E-state index contributed by atoms with van der Waals surface area (Å²) in [7, 11) is -5.53. The first-order chi connectivity index (χ1) is 19.6. The van der Waals surface area contributed by atoms with Crippen LogP contribution in [0.3, 0.4) is 0 Å². The van der Waals surface area contributed by atoms with Crippen LogP contribution < -0.4 is 16.7 Å². The van der Waals surface area contributed by atoms with Crippen molar-refractivity contribution < 1.29 is 73.3 Å². The summed E-state index contributed by atoms with van der Waals surface area (Å²) in [6.45, 7) is -1.14. The lowest BCUT2D eigenvalue weighted by Crippen LogP contribution is -2.68. The number of carboxylic acid groups (broad SMARTS) is 1. The van der Waals surface area contributed by atoms with E-state index in [1.807, 2.05) is 0 Å². The first-order valence-electron chi connectivity index (χ1n) is 12.4. The van der Waals surface area contributed by atoms with Gasteiger partial charge in [-0.3, -0.25) is 13.9 Å². The molecule has 2 aliphatic heterocycles. The summed E-state index contributed by atoms with van der Waals surface area (Å²) in [5.41, 5.74) is 4.76. The SMILES string of the molecule is Cc1ccn([C@@H]2O[C@H](COP(=O)(O)O[C@@]3(C(=O)O)C[C@H](O)[C@@H](NC(=O)CN)C([C@H](O)[C@H](O)CO)O3)[C@H](O)C2O)c(=O)n1. The Morgan fingerprint density at radius 3 is 2.55 bits per heavy atom. The van der Waals surface area contributed by atoms with Crippen LogP contribution >= 0.6 is 7.82 Å². The number of aliphatic hydroxyl groups is 6. The van der Waals surface area contributed by atoms with Crippen LogP contribution in [0.15, 0.2) is 17.1 Å². The minimum Gasteiger partial charge on any atom is -0.477 e. The maximum absolute atomic E-state index is 12.8. The fraction of sp³-hybridized carbons (Fsp3) is 0.714. The molecule has 238 valence electrons. The van der Waals surface area contributed by atoms with Gasteiger partial charge in [0.1, 0.15) is 36.6 Å². The summed E-state index contributed by atoms with van der Waals surface area (Å²) in [6.07, 6.45) is -14.6. The summed E-state index contributed by atoms with van der Waals surface area (Å²) in [6, 6.07) is -0.212. The predicted octanol–water partition coefficient (Wildman–Crippen LogP) is -5.61. The van der Waals surface area contributed by atoms with Crippen molar-refractivity contribution in [3.63, 3.8) is 0 Å². The average molecular weight is 628 g/mol. The zero-order valence-electron chi connectivity index (χ0n) is 21.9. The van der Waals surface area contributed by atoms with Crippen LogP contribution in [0.2, 0.25) is 0 Å². The smallest absolute Gasteiger partial charge is 0.475 e. The lowest BCUT2D eigenvalue weighted by molar-refractivity contribution is -0.289. The number of aromatic nitrogens is 2. The number of hydrogen-bond donors (Lipinski definition) is 10. The second-order valence-electron chi connectivity index (χ2n) is 9.61. The largest absolute Gasteiger partial charge is 0.477 e. The Hall–Kier alpha value is -2.43. The monoisotopic (exact) mass is 628 g/mol. The Kier molecular flexibility index (Phi) is 10.9. The first kappa shape index (κ1) is 34.1. The number of amides is 1. The molecule has 0 aromatic carbocycles. The molecule has 11 N–H and O–H groups in total. The van der Waals surface area contributed by atoms with E-state index in [1.165, 1.54) is 19.2 Å². The van der Waals surface area contributed by atoms with Crippen LogP contribution in [0.4, 0.5) is 0 Å². The lowest BCUT2D eigenvalue weighted by atomic mass is 9.88. The van der Waals surface area contributed by atoms with Gasteiger partial charge in [-0.2, -0.15) is 4.98 Å². The molecule has 3 unspecified atom stereocenters. The van der Waals surface area contributed by atoms with Gasteiger partial charge in [0.05, 0.1) is 31.9 Å². The van der Waals surface area contributed by atoms with Crippen molar-refractivity contribution in [2.75, 3.05) is 19.8 Å². The molecule has 0 radical (unpaired) electrons. The quantitative estimate of drug-likeness (QED) is 0.0964. The third-order valence-electron chi connectivity index (χ3n) is 6.57. The normalized spacial score (nSPS) is 34.4. The van der Waals surface area contributed by atoms with Crippen molar-refractivity contribution in [3.8, 4) is 0 Å². The standard InChI is InChI=1S/C21H33N4O16P/c1-8-2-3-25(20(35)23-8)18-16(32)15(31)11(39-18)7-38-42(36,37)41-21(19(33)34)4-9(27)13(24-12(29)5-22)17(40-21)14(30)10(28)6-26/h2-3,9-11,13-18,26-28,30-32H,4-7,22H2,1H3,(H,24,29)(H,33,34)(H,36,37)/t9-,10+,11+,13+,14+,15-,16?,17?,18+,21+/m0/s1. The van der Waals surface area contributed by atoms with E-state index in [-0.39, 0.29) is 0 Å². The zero-order chi connectivity index (χ0) is 31.6. The summed E-state index contributed by atoms with van der Waals surface area (Å²) in [5, 5.41) is 72.9. The molecule has 2 fully saturated rings. The number of carboxylic acids is 1. The number of phosphoric acid groups is 1. The van der Waals surface area contributed by atoms with Gasteiger partial charge in [0, 0.05) is 18.3 Å². The van der Waals surface area contributed by atoms with Crippen molar-refractivity contribution in [3.05, 3.63) is 28.4 Å². The molecule has 0 bridgehead atoms. The molecule has 0 saturated carbocycles. The van der Waals surface area contributed by atoms with Gasteiger partial charge >= 0.3 is 19.5 Å². The van der Waals surface area contributed by atoms with Gasteiger partial charge in [-0.05, 0) is 13.0 Å². The third kappa shape index (κ3) is 7.37. The lowest BCUT2D eigenvalue weighted by Gasteiger charge is -2.46. The molecule has 3 rings (SSSR count). The van der Waals surface area contributed by atoms with E-state index in [0.29, 0.717) is 5.69 Å². The Morgan fingerprint density at radius 2 is 1.98 bits per heavy atom. The Bertz CT molecular complexity index is 1230. The molecule has 3 heterocycles. The number of carbonyl (C=O) groups excluding carboxylic acids is 1. The highest BCUT2D eigenvalue weighted by molar-refractivity contribution is 7.47. The van der Waals surface area contributed by atoms with E-state index < -0.39 is 112 Å². The highest BCUT2D eigenvalue weighted by Gasteiger charge is 2.59. The molecule has 1 aromatic rings. The van der Waals surface area contributed by atoms with Gasteiger partial charge < -0.3 is 61.2 Å². The van der Waals surface area contributed by atoms with Crippen molar-refractivity contribution in [1.82, 2.24) is 14.9 Å². The number of nitrogens with two attached hydrogens (primary N) is 1. The number of nitrogens with one attached hydrogen (secondary N) is 1. The van der Waals surface area contributed by atoms with Gasteiger partial charge in [0.25, 0.3) is 5.79 Å². The Balaban J connectivity index is 1.79. The molecule has 0 spiro atoms. The summed E-state index contributed by atoms with van der Waals surface area (Å²) in [5.74, 6) is -6.22. The highest BCUT2D eigenvalue weighted by atomic mass is 31.2. The van der Waals surface area contributed by atoms with Gasteiger partial charge in [0.15, 0.2) is 6.23 Å². The highest BCUT2D eigenvalue weighted by Crippen LogP contribution is 2.51. The van der Waals surface area contributed by atoms with Crippen molar-refractivity contribution in [2.24, 2.45) is 5.73 Å². The van der Waals surface area contributed by atoms with E-state index in [9.17, 15) is 59.6 Å². The second kappa shape index (κ2) is 13.5. The molecule has 2 saturated heterocycles. The molecule has 1 aromatic heterocycles. The van der Waals surface area contributed by atoms with Crippen LogP contribution in [0.25, 0.3) is 0 Å². The van der Waals surface area contributed by atoms with E-state index in [4.69, 9.17) is 24.3 Å². The van der Waals surface area contributed by atoms with Crippen molar-refractivity contribution in [1.29, 1.82) is 0 Å². The molecule has 20 nitrogen and oxygen atoms in total. The maximum Gasteiger partial charge on any atom is 0.475 e. The van der Waals surface area contributed by atoms with Crippen LogP contribution in [0, 0.1) is 6.92 Å². The predicted molar refractivity (Wildman–Crippen MR) is 132 cm³/mol. The molecular weight excluding hydrogens is 595 g/mol. The van der Waals surface area contributed by atoms with Gasteiger partial charge in [0.2, 0.25) is 5.91 Å². The molecular formula is C21H33N4O16P. The first-order valence-corrected chi connectivity index (χ1v) is 13.9. The fourth-order valence-electron chi connectivity index (χ4n) is 4.40. The summed E-state index contributed by atoms with van der Waals surface area (Å²) in [4.78, 5) is 50.2. The second-order valence-corrected chi connectivity index (χ2v) is 11.0. The number of aliphatic hydroxyl groups excluding tert-OH is 6. The van der Waals surface area contributed by atoms with E-state index in [2.05, 4.69) is 10.3 Å². The molecule has 2 aliphatic rings. The van der Waals surface area contributed by atoms with Crippen LogP contribution in [0.5, 0.6) is 0 Å². The minimum atomic E-state index is -5.53. The van der Waals surface area contributed by atoms with E-state index in [1.54, 1.807) is 0 Å². The minimum absolute atomic E-state index is 0.360. The summed E-state index contributed by atoms with van der Waals surface area (Å²) < 4.78 is 33.9. The number of ether oxygens (including phenoxy) is 2. The maximum atomic E-state index is 12.8. The number of hydrogen-bond acceptors (Lipinski definition) is 16. The number of phosphoric ester groups is 1. The van der Waals surface area contributed by atoms with Gasteiger partial charge in [-0.1, -0.05) is 0 Å². The van der Waals surface area contributed by atoms with Crippen molar-refractivity contribution in [2.45, 2.75) is 74.1 Å². The Labute approximate surface area is 236 Å². The topological polar surface area (TPSA) is 323 Å². The molecule has 1 amide bonds. The molecule has 0 aliphatic carbocycles. The number of aryl methyl sites for hydroxylation is 1. The van der Waals surface area contributed by atoms with E-state index in [0.717, 1.165) is 4.57 Å². The molecule has 21 heteroatoms. The van der Waals surface area contributed by atoms with Crippen LogP contribution in [0.1, 0.15) is 18.3 Å².